The standard InChI is InChI=1S/C13H21F3N4O2/c1-12(2)10(21)20(11(22)17-12)8-7-18-3-5-19(6-4-18)9-13(14,15)16/h3-9H2,1-2H3,(H,17,22). The van der Waals surface area contributed by atoms with Gasteiger partial charge in [0.15, 0.2) is 0 Å². The molecule has 2 heterocycles. The minimum Gasteiger partial charge on any atom is -0.324 e. The fourth-order valence-corrected chi connectivity index (χ4v) is 2.69. The Kier molecular flexibility index (Phi) is 4.67. The van der Waals surface area contributed by atoms with Gasteiger partial charge in [-0.15, -0.1) is 0 Å². The van der Waals surface area contributed by atoms with Crippen LogP contribution in [0.4, 0.5) is 18.0 Å². The van der Waals surface area contributed by atoms with Crippen molar-refractivity contribution in [3.63, 3.8) is 0 Å². The van der Waals surface area contributed by atoms with E-state index in [4.69, 9.17) is 0 Å². The lowest BCUT2D eigenvalue weighted by atomic mass is 10.1. The summed E-state index contributed by atoms with van der Waals surface area (Å²) in [4.78, 5) is 28.2. The van der Waals surface area contributed by atoms with Crippen molar-refractivity contribution in [1.82, 2.24) is 20.0 Å². The molecular formula is C13H21F3N4O2. The van der Waals surface area contributed by atoms with Gasteiger partial charge in [-0.25, -0.2) is 4.79 Å². The maximum absolute atomic E-state index is 12.3. The van der Waals surface area contributed by atoms with Crippen molar-refractivity contribution >= 4 is 11.9 Å². The first kappa shape index (κ1) is 17.0. The number of hydrogen-bond acceptors (Lipinski definition) is 4. The predicted molar refractivity (Wildman–Crippen MR) is 73.3 cm³/mol. The Morgan fingerprint density at radius 3 is 2.05 bits per heavy atom. The summed E-state index contributed by atoms with van der Waals surface area (Å²) in [5.74, 6) is -0.270. The van der Waals surface area contributed by atoms with E-state index in [9.17, 15) is 22.8 Å². The van der Waals surface area contributed by atoms with Crippen molar-refractivity contribution in [2.75, 3.05) is 45.8 Å². The Morgan fingerprint density at radius 2 is 1.59 bits per heavy atom. The van der Waals surface area contributed by atoms with E-state index in [0.717, 1.165) is 0 Å². The molecule has 22 heavy (non-hydrogen) atoms. The van der Waals surface area contributed by atoms with E-state index in [1.807, 2.05) is 4.90 Å². The highest BCUT2D eigenvalue weighted by Crippen LogP contribution is 2.18. The molecule has 9 heteroatoms. The lowest BCUT2D eigenvalue weighted by Crippen LogP contribution is -2.51. The number of nitrogens with zero attached hydrogens (tertiary/aromatic N) is 3. The van der Waals surface area contributed by atoms with Crippen LogP contribution < -0.4 is 5.32 Å². The van der Waals surface area contributed by atoms with Crippen LogP contribution in [0.15, 0.2) is 0 Å². The Morgan fingerprint density at radius 1 is 1.05 bits per heavy atom. The van der Waals surface area contributed by atoms with Crippen molar-refractivity contribution in [2.45, 2.75) is 25.6 Å². The molecule has 6 nitrogen and oxygen atoms in total. The monoisotopic (exact) mass is 322 g/mol. The second-order valence-corrected chi connectivity index (χ2v) is 6.24. The summed E-state index contributed by atoms with van der Waals surface area (Å²) in [6.07, 6.45) is -4.17. The highest BCUT2D eigenvalue weighted by atomic mass is 19.4. The zero-order chi connectivity index (χ0) is 16.5. The second kappa shape index (κ2) is 6.04. The van der Waals surface area contributed by atoms with Gasteiger partial charge in [-0.05, 0) is 13.8 Å². The minimum atomic E-state index is -4.17. The lowest BCUT2D eigenvalue weighted by Gasteiger charge is -2.35. The molecule has 0 aromatic rings. The highest BCUT2D eigenvalue weighted by molar-refractivity contribution is 6.06. The fraction of sp³-hybridized carbons (Fsp3) is 0.846. The van der Waals surface area contributed by atoms with Gasteiger partial charge in [0.2, 0.25) is 0 Å². The smallest absolute Gasteiger partial charge is 0.324 e. The molecule has 0 radical (unpaired) electrons. The van der Waals surface area contributed by atoms with Crippen LogP contribution in [0, 0.1) is 0 Å². The number of amides is 3. The molecule has 126 valence electrons. The SMILES string of the molecule is CC1(C)NC(=O)N(CCN2CCN(CC(F)(F)F)CC2)C1=O. The number of hydrogen-bond donors (Lipinski definition) is 1. The molecule has 2 saturated heterocycles. The number of urea groups is 1. The van der Waals surface area contributed by atoms with Crippen molar-refractivity contribution in [2.24, 2.45) is 0 Å². The third kappa shape index (κ3) is 4.10. The van der Waals surface area contributed by atoms with E-state index in [0.29, 0.717) is 32.7 Å². The van der Waals surface area contributed by atoms with E-state index < -0.39 is 24.3 Å². The van der Waals surface area contributed by atoms with Crippen molar-refractivity contribution in [1.29, 1.82) is 0 Å². The number of carbonyl (C=O) groups excluding carboxylic acids is 2. The number of rotatable bonds is 4. The van der Waals surface area contributed by atoms with Gasteiger partial charge in [0.05, 0.1) is 6.54 Å². The Bertz CT molecular complexity index is 445. The Balaban J connectivity index is 1.76. The number of alkyl halides is 3. The Labute approximate surface area is 127 Å². The van der Waals surface area contributed by atoms with Crippen LogP contribution in [0.2, 0.25) is 0 Å². The first-order valence-corrected chi connectivity index (χ1v) is 7.24. The molecule has 0 saturated carbocycles. The maximum atomic E-state index is 12.3. The van der Waals surface area contributed by atoms with E-state index in [1.54, 1.807) is 13.8 Å². The van der Waals surface area contributed by atoms with Gasteiger partial charge >= 0.3 is 12.2 Å². The molecule has 0 atom stereocenters. The van der Waals surface area contributed by atoms with E-state index >= 15 is 0 Å². The maximum Gasteiger partial charge on any atom is 0.401 e. The van der Waals surface area contributed by atoms with Crippen LogP contribution in [0.5, 0.6) is 0 Å². The highest BCUT2D eigenvalue weighted by Gasteiger charge is 2.44. The molecule has 0 aromatic carbocycles. The van der Waals surface area contributed by atoms with Crippen LogP contribution in [0.25, 0.3) is 0 Å². The molecule has 0 aromatic heterocycles. The molecule has 0 spiro atoms. The summed E-state index contributed by atoms with van der Waals surface area (Å²) < 4.78 is 36.9. The largest absolute Gasteiger partial charge is 0.401 e. The van der Waals surface area contributed by atoms with E-state index in [2.05, 4.69) is 5.32 Å². The van der Waals surface area contributed by atoms with Gasteiger partial charge in [-0.2, -0.15) is 13.2 Å². The zero-order valence-corrected chi connectivity index (χ0v) is 12.7. The van der Waals surface area contributed by atoms with Gasteiger partial charge in [-0.1, -0.05) is 0 Å². The summed E-state index contributed by atoms with van der Waals surface area (Å²) in [6, 6.07) is -0.411. The first-order valence-electron chi connectivity index (χ1n) is 7.24. The van der Waals surface area contributed by atoms with E-state index in [-0.39, 0.29) is 12.5 Å². The molecular weight excluding hydrogens is 301 g/mol. The van der Waals surface area contributed by atoms with Crippen LogP contribution in [0.1, 0.15) is 13.8 Å². The van der Waals surface area contributed by atoms with Crippen molar-refractivity contribution < 1.29 is 22.8 Å². The molecule has 3 amide bonds. The Hall–Kier alpha value is -1.35. The number of piperazine rings is 1. The molecule has 2 aliphatic heterocycles. The quantitative estimate of drug-likeness (QED) is 0.766. The third-order valence-electron chi connectivity index (χ3n) is 3.95. The van der Waals surface area contributed by atoms with Crippen LogP contribution >= 0.6 is 0 Å². The lowest BCUT2D eigenvalue weighted by molar-refractivity contribution is -0.149. The van der Waals surface area contributed by atoms with Gasteiger partial charge in [0, 0.05) is 39.3 Å². The molecule has 1 N–H and O–H groups in total. The summed E-state index contributed by atoms with van der Waals surface area (Å²) in [7, 11) is 0. The molecule has 2 fully saturated rings. The van der Waals surface area contributed by atoms with Gasteiger partial charge in [0.1, 0.15) is 5.54 Å². The average molecular weight is 322 g/mol. The second-order valence-electron chi connectivity index (χ2n) is 6.24. The van der Waals surface area contributed by atoms with Crippen molar-refractivity contribution in [3.8, 4) is 0 Å². The first-order chi connectivity index (χ1) is 10.1. The molecule has 0 bridgehead atoms. The summed E-state index contributed by atoms with van der Waals surface area (Å²) >= 11 is 0. The van der Waals surface area contributed by atoms with Gasteiger partial charge in [-0.3, -0.25) is 19.5 Å². The molecule has 0 aliphatic carbocycles. The van der Waals surface area contributed by atoms with E-state index in [1.165, 1.54) is 9.80 Å². The van der Waals surface area contributed by atoms with Gasteiger partial charge in [0.25, 0.3) is 5.91 Å². The van der Waals surface area contributed by atoms with Gasteiger partial charge < -0.3 is 5.32 Å². The zero-order valence-electron chi connectivity index (χ0n) is 12.7. The summed E-state index contributed by atoms with van der Waals surface area (Å²) in [5, 5.41) is 2.60. The fourth-order valence-electron chi connectivity index (χ4n) is 2.69. The number of nitrogens with one attached hydrogen (secondary N) is 1. The minimum absolute atomic E-state index is 0.257. The van der Waals surface area contributed by atoms with Crippen LogP contribution in [0.3, 0.4) is 0 Å². The van der Waals surface area contributed by atoms with Crippen molar-refractivity contribution in [3.05, 3.63) is 0 Å². The number of imide groups is 1. The molecule has 2 rings (SSSR count). The number of halogens is 3. The van der Waals surface area contributed by atoms with Crippen LogP contribution in [-0.2, 0) is 4.79 Å². The average Bonchev–Trinajstić information content (AvgIpc) is 2.57. The predicted octanol–water partition coefficient (Wildman–Crippen LogP) is 0.497. The normalized spacial score (nSPS) is 24.0. The third-order valence-corrected chi connectivity index (χ3v) is 3.95. The molecule has 2 aliphatic rings. The summed E-state index contributed by atoms with van der Waals surface area (Å²) in [5.41, 5.74) is -0.886. The number of carbonyl (C=O) groups is 2. The molecule has 0 unspecified atom stereocenters. The summed E-state index contributed by atoms with van der Waals surface area (Å²) in [6.45, 7) is 4.82. The van der Waals surface area contributed by atoms with Crippen LogP contribution in [-0.4, -0.2) is 84.2 Å². The topological polar surface area (TPSA) is 55.9 Å².